The molecular weight excluding hydrogens is 524 g/mol. The van der Waals surface area contributed by atoms with Gasteiger partial charge in [-0.25, -0.2) is 4.79 Å². The lowest BCUT2D eigenvalue weighted by molar-refractivity contribution is -0.142. The highest BCUT2D eigenvalue weighted by Gasteiger charge is 2.30. The van der Waals surface area contributed by atoms with Gasteiger partial charge in [0.15, 0.2) is 0 Å². The van der Waals surface area contributed by atoms with Crippen LogP contribution in [0.3, 0.4) is 0 Å². The van der Waals surface area contributed by atoms with Gasteiger partial charge in [0.2, 0.25) is 0 Å². The molecule has 1 N–H and O–H groups in total. The number of hydrogen-bond donors (Lipinski definition) is 1. The number of hydrogen-bond acceptors (Lipinski definition) is 6. The molecule has 5 rings (SSSR count). The van der Waals surface area contributed by atoms with Crippen molar-refractivity contribution in [2.75, 3.05) is 18.2 Å². The van der Waals surface area contributed by atoms with E-state index in [1.807, 2.05) is 37.3 Å². The first-order chi connectivity index (χ1) is 20.4. The Kier molecular flexibility index (Phi) is 9.15. The van der Waals surface area contributed by atoms with Gasteiger partial charge in [0.1, 0.15) is 25.1 Å². The monoisotopic (exact) mass is 560 g/mol. The molecule has 42 heavy (non-hydrogen) atoms. The van der Waals surface area contributed by atoms with Crippen LogP contribution < -0.4 is 9.75 Å². The van der Waals surface area contributed by atoms with Gasteiger partial charge in [-0.1, -0.05) is 97.9 Å². The van der Waals surface area contributed by atoms with Crippen molar-refractivity contribution < 1.29 is 19.4 Å². The number of aryl methyl sites for hydroxylation is 1. The van der Waals surface area contributed by atoms with Gasteiger partial charge in [0.25, 0.3) is 0 Å². The number of aliphatic hydroxyl groups is 1. The zero-order valence-electron chi connectivity index (χ0n) is 24.1. The second kappa shape index (κ2) is 13.3. The number of nitrogens with zero attached hydrogens (tertiary/aromatic N) is 2. The third-order valence-electron chi connectivity index (χ3n) is 7.36. The van der Waals surface area contributed by atoms with Crippen molar-refractivity contribution in [2.45, 2.75) is 38.8 Å². The van der Waals surface area contributed by atoms with Gasteiger partial charge in [-0.15, -0.1) is 0 Å². The lowest BCUT2D eigenvalue weighted by atomic mass is 9.96. The second-order valence-corrected chi connectivity index (χ2v) is 10.5. The van der Waals surface area contributed by atoms with Gasteiger partial charge < -0.3 is 14.6 Å². The molecule has 0 amide bonds. The lowest BCUT2D eigenvalue weighted by Crippen LogP contribution is -2.25. The van der Waals surface area contributed by atoms with E-state index >= 15 is 0 Å². The van der Waals surface area contributed by atoms with Crippen LogP contribution >= 0.6 is 0 Å². The molecule has 1 aliphatic heterocycles. The van der Waals surface area contributed by atoms with Crippen molar-refractivity contribution in [3.8, 4) is 16.9 Å². The van der Waals surface area contributed by atoms with Gasteiger partial charge in [0, 0.05) is 12.0 Å². The van der Waals surface area contributed by atoms with Crippen LogP contribution in [0.4, 0.5) is 5.69 Å². The molecule has 0 aliphatic carbocycles. The highest BCUT2D eigenvalue weighted by molar-refractivity contribution is 6.03. The molecule has 0 spiro atoms. The number of ether oxygens (including phenoxy) is 2. The van der Waals surface area contributed by atoms with Crippen LogP contribution in [0.25, 0.3) is 11.1 Å². The number of esters is 1. The Balaban J connectivity index is 1.28. The van der Waals surface area contributed by atoms with Crippen LogP contribution in [-0.4, -0.2) is 36.1 Å². The Bertz CT molecular complexity index is 1530. The molecule has 6 heteroatoms. The number of rotatable bonds is 11. The molecule has 0 aromatic heterocycles. The van der Waals surface area contributed by atoms with E-state index in [0.717, 1.165) is 28.9 Å². The van der Waals surface area contributed by atoms with Gasteiger partial charge in [0.05, 0.1) is 17.4 Å². The number of anilines is 1. The molecule has 214 valence electrons. The fourth-order valence-corrected chi connectivity index (χ4v) is 4.81. The smallest absolute Gasteiger partial charge is 0.333 e. The van der Waals surface area contributed by atoms with Crippen molar-refractivity contribution in [2.24, 2.45) is 5.10 Å². The zero-order valence-corrected chi connectivity index (χ0v) is 24.1. The molecule has 0 radical (unpaired) electrons. The first-order valence-electron chi connectivity index (χ1n) is 14.3. The van der Waals surface area contributed by atoms with Crippen molar-refractivity contribution in [3.63, 3.8) is 0 Å². The minimum Gasteiger partial charge on any atom is -0.491 e. The molecule has 1 aliphatic rings. The molecular formula is C36H36N2O4. The third-order valence-corrected chi connectivity index (χ3v) is 7.36. The van der Waals surface area contributed by atoms with E-state index in [2.05, 4.69) is 91.3 Å². The summed E-state index contributed by atoms with van der Waals surface area (Å²) in [6.07, 6.45) is 0.327. The van der Waals surface area contributed by atoms with Crippen LogP contribution in [0.1, 0.15) is 42.5 Å². The summed E-state index contributed by atoms with van der Waals surface area (Å²) in [5.41, 5.74) is 8.21. The summed E-state index contributed by atoms with van der Waals surface area (Å²) in [4.78, 5) is 11.8. The van der Waals surface area contributed by atoms with Crippen molar-refractivity contribution in [1.29, 1.82) is 0 Å². The van der Waals surface area contributed by atoms with Gasteiger partial charge in [-0.05, 0) is 59.9 Å². The van der Waals surface area contributed by atoms with E-state index in [9.17, 15) is 9.90 Å². The Hall–Kier alpha value is -4.68. The Morgan fingerprint density at radius 3 is 2.21 bits per heavy atom. The molecule has 4 aromatic carbocycles. The maximum atomic E-state index is 11.8. The molecule has 6 nitrogen and oxygen atoms in total. The molecule has 0 bridgehead atoms. The average Bonchev–Trinajstić information content (AvgIpc) is 3.49. The molecule has 0 saturated heterocycles. The van der Waals surface area contributed by atoms with E-state index in [1.165, 1.54) is 16.7 Å². The summed E-state index contributed by atoms with van der Waals surface area (Å²) in [5.74, 6) is 0.129. The first kappa shape index (κ1) is 28.8. The van der Waals surface area contributed by atoms with Gasteiger partial charge >= 0.3 is 5.97 Å². The van der Waals surface area contributed by atoms with Crippen LogP contribution in [0.15, 0.2) is 120 Å². The van der Waals surface area contributed by atoms with Crippen LogP contribution in [-0.2, 0) is 9.53 Å². The number of aliphatic hydroxyl groups excluding tert-OH is 1. The first-order valence-corrected chi connectivity index (χ1v) is 14.3. The van der Waals surface area contributed by atoms with E-state index in [0.29, 0.717) is 17.7 Å². The van der Waals surface area contributed by atoms with Gasteiger partial charge in [-0.2, -0.15) is 5.10 Å². The fraction of sp³-hybridized carbons (Fsp3) is 0.222. The maximum absolute atomic E-state index is 11.8. The van der Waals surface area contributed by atoms with Crippen LogP contribution in [0.5, 0.6) is 5.75 Å². The average molecular weight is 561 g/mol. The number of benzene rings is 4. The maximum Gasteiger partial charge on any atom is 0.333 e. The SMILES string of the molecule is C=C(CC)C(=O)OCC(O)COc1ccc(C2CC(c3ccc(-c4ccccc4)cc3)=NN2c2ccc(C)cc2)cc1. The number of hydrazone groups is 1. The van der Waals surface area contributed by atoms with E-state index < -0.39 is 12.1 Å². The predicted octanol–water partition coefficient (Wildman–Crippen LogP) is 7.27. The summed E-state index contributed by atoms with van der Waals surface area (Å²) in [5, 5.41) is 17.4. The third kappa shape index (κ3) is 6.96. The fourth-order valence-electron chi connectivity index (χ4n) is 4.81. The normalized spacial score (nSPS) is 15.2. The standard InChI is InChI=1S/C36H36N2O4/c1-4-26(3)36(40)42-24-32(39)23-41-33-20-16-30(17-21-33)35-22-34(37-38(35)31-18-10-25(2)11-19-31)29-14-12-28(13-15-29)27-8-6-5-7-9-27/h5-21,32,35,39H,3-4,22-24H2,1-2H3. The van der Waals surface area contributed by atoms with Crippen molar-refractivity contribution >= 4 is 17.4 Å². The highest BCUT2D eigenvalue weighted by Crippen LogP contribution is 2.37. The summed E-state index contributed by atoms with van der Waals surface area (Å²) >= 11 is 0. The zero-order chi connectivity index (χ0) is 29.5. The molecule has 1 heterocycles. The summed E-state index contributed by atoms with van der Waals surface area (Å²) in [6.45, 7) is 7.43. The van der Waals surface area contributed by atoms with Crippen LogP contribution in [0.2, 0.25) is 0 Å². The quantitative estimate of drug-likeness (QED) is 0.154. The molecule has 2 atom stereocenters. The highest BCUT2D eigenvalue weighted by atomic mass is 16.5. The van der Waals surface area contributed by atoms with E-state index in [4.69, 9.17) is 14.6 Å². The van der Waals surface area contributed by atoms with Crippen LogP contribution in [0, 0.1) is 6.92 Å². The van der Waals surface area contributed by atoms with E-state index in [-0.39, 0.29) is 19.3 Å². The lowest BCUT2D eigenvalue weighted by Gasteiger charge is -2.24. The van der Waals surface area contributed by atoms with Crippen molar-refractivity contribution in [3.05, 3.63) is 132 Å². The summed E-state index contributed by atoms with van der Waals surface area (Å²) in [6, 6.07) is 35.3. The Morgan fingerprint density at radius 2 is 1.55 bits per heavy atom. The molecule has 0 fully saturated rings. The predicted molar refractivity (Wildman–Crippen MR) is 168 cm³/mol. The largest absolute Gasteiger partial charge is 0.491 e. The minimum absolute atomic E-state index is 0.0103. The van der Waals surface area contributed by atoms with E-state index in [1.54, 1.807) is 0 Å². The molecule has 2 unspecified atom stereocenters. The molecule has 0 saturated carbocycles. The van der Waals surface area contributed by atoms with Gasteiger partial charge in [-0.3, -0.25) is 5.01 Å². The minimum atomic E-state index is -0.936. The topological polar surface area (TPSA) is 71.4 Å². The number of carbonyl (C=O) groups excluding carboxylic acids is 1. The summed E-state index contributed by atoms with van der Waals surface area (Å²) in [7, 11) is 0. The van der Waals surface area contributed by atoms with Crippen molar-refractivity contribution in [1.82, 2.24) is 0 Å². The summed E-state index contributed by atoms with van der Waals surface area (Å²) < 4.78 is 10.8. The molecule has 4 aromatic rings. The Morgan fingerprint density at radius 1 is 0.905 bits per heavy atom. The second-order valence-electron chi connectivity index (χ2n) is 10.5. The Labute approximate surface area is 247 Å². The number of carbonyl (C=O) groups is 1.